The van der Waals surface area contributed by atoms with E-state index in [1.807, 2.05) is 0 Å². The molecule has 1 aromatic carbocycles. The maximum Gasteiger partial charge on any atom is 0.573 e. The zero-order chi connectivity index (χ0) is 17.4. The van der Waals surface area contributed by atoms with Gasteiger partial charge in [-0.15, -0.1) is 13.2 Å². The van der Waals surface area contributed by atoms with Crippen LogP contribution >= 0.6 is 0 Å². The van der Waals surface area contributed by atoms with Crippen molar-refractivity contribution in [1.29, 1.82) is 0 Å². The highest BCUT2D eigenvalue weighted by molar-refractivity contribution is 5.84. The van der Waals surface area contributed by atoms with Crippen LogP contribution in [0, 0.1) is 5.92 Å². The van der Waals surface area contributed by atoms with Gasteiger partial charge in [0.05, 0.1) is 5.54 Å². The molecule has 2 aliphatic rings. The number of hydrogen-bond acceptors (Lipinski definition) is 3. The maximum absolute atomic E-state index is 12.5. The second-order valence-electron chi connectivity index (χ2n) is 6.72. The van der Waals surface area contributed by atoms with Crippen molar-refractivity contribution in [3.05, 3.63) is 29.8 Å². The molecule has 0 heterocycles. The molecule has 1 aromatic rings. The Labute approximate surface area is 138 Å². The Bertz CT molecular complexity index is 612. The second kappa shape index (κ2) is 6.27. The van der Waals surface area contributed by atoms with E-state index in [9.17, 15) is 18.0 Å². The molecular formula is C17H21F3N2O2. The van der Waals surface area contributed by atoms with Crippen LogP contribution in [0.3, 0.4) is 0 Å². The van der Waals surface area contributed by atoms with Gasteiger partial charge < -0.3 is 15.8 Å². The van der Waals surface area contributed by atoms with Gasteiger partial charge in [0.2, 0.25) is 5.91 Å². The van der Waals surface area contributed by atoms with E-state index in [0.29, 0.717) is 18.5 Å². The molecule has 0 bridgehead atoms. The summed E-state index contributed by atoms with van der Waals surface area (Å²) in [5, 5.41) is 3.04. The van der Waals surface area contributed by atoms with Crippen LogP contribution in [0.25, 0.3) is 0 Å². The number of halogens is 3. The van der Waals surface area contributed by atoms with Gasteiger partial charge in [-0.05, 0) is 36.8 Å². The molecule has 2 saturated carbocycles. The first kappa shape index (κ1) is 17.1. The van der Waals surface area contributed by atoms with Crippen LogP contribution in [0.4, 0.5) is 13.2 Å². The van der Waals surface area contributed by atoms with Crippen molar-refractivity contribution >= 4 is 5.91 Å². The molecule has 1 amide bonds. The summed E-state index contributed by atoms with van der Waals surface area (Å²) >= 11 is 0. The highest BCUT2D eigenvalue weighted by Crippen LogP contribution is 2.51. The normalized spacial score (nSPS) is 25.3. The number of ether oxygens (including phenoxy) is 1. The van der Waals surface area contributed by atoms with Crippen LogP contribution in [-0.2, 0) is 4.79 Å². The van der Waals surface area contributed by atoms with Crippen molar-refractivity contribution in [1.82, 2.24) is 5.32 Å². The van der Waals surface area contributed by atoms with Crippen molar-refractivity contribution in [3.63, 3.8) is 0 Å². The zero-order valence-corrected chi connectivity index (χ0v) is 13.2. The lowest BCUT2D eigenvalue weighted by Crippen LogP contribution is -2.52. The fourth-order valence-corrected chi connectivity index (χ4v) is 3.62. The standard InChI is InChI=1S/C17H21F3N2O2/c18-17(19,20)24-14-6-2-1-5-11(14)12-9-13(12)15(23)22-16(10-21)7-3-4-8-16/h1-2,5-6,12-13H,3-4,7-10,21H2,(H,22,23). The number of rotatable bonds is 5. The van der Waals surface area contributed by atoms with Crippen molar-refractivity contribution in [2.24, 2.45) is 11.7 Å². The van der Waals surface area contributed by atoms with Crippen molar-refractivity contribution in [2.75, 3.05) is 6.54 Å². The summed E-state index contributed by atoms with van der Waals surface area (Å²) in [6, 6.07) is 6.02. The smallest absolute Gasteiger partial charge is 0.405 e. The summed E-state index contributed by atoms with van der Waals surface area (Å²) in [5.74, 6) is -0.888. The van der Waals surface area contributed by atoms with Crippen LogP contribution in [-0.4, -0.2) is 24.4 Å². The van der Waals surface area contributed by atoms with E-state index in [2.05, 4.69) is 10.1 Å². The van der Waals surface area contributed by atoms with Gasteiger partial charge in [0.1, 0.15) is 5.75 Å². The van der Waals surface area contributed by atoms with E-state index in [1.165, 1.54) is 12.1 Å². The van der Waals surface area contributed by atoms with Gasteiger partial charge in [-0.25, -0.2) is 0 Å². The lowest BCUT2D eigenvalue weighted by atomic mass is 9.97. The average molecular weight is 342 g/mol. The summed E-state index contributed by atoms with van der Waals surface area (Å²) in [7, 11) is 0. The quantitative estimate of drug-likeness (QED) is 0.864. The average Bonchev–Trinajstić information content (AvgIpc) is 3.18. The van der Waals surface area contributed by atoms with Gasteiger partial charge in [-0.2, -0.15) is 0 Å². The minimum absolute atomic E-state index is 0.117. The van der Waals surface area contributed by atoms with Crippen molar-refractivity contribution in [3.8, 4) is 5.75 Å². The number of hydrogen-bond donors (Lipinski definition) is 2. The molecule has 0 spiro atoms. The molecule has 2 atom stereocenters. The molecule has 0 radical (unpaired) electrons. The first-order chi connectivity index (χ1) is 11.3. The number of nitrogens with one attached hydrogen (secondary N) is 1. The Morgan fingerprint density at radius 3 is 2.58 bits per heavy atom. The van der Waals surface area contributed by atoms with E-state index in [0.717, 1.165) is 25.7 Å². The highest BCUT2D eigenvalue weighted by atomic mass is 19.4. The third kappa shape index (κ3) is 3.66. The number of carbonyl (C=O) groups excluding carboxylic acids is 1. The molecule has 132 valence electrons. The predicted octanol–water partition coefficient (Wildman–Crippen LogP) is 3.08. The predicted molar refractivity (Wildman–Crippen MR) is 82.4 cm³/mol. The SMILES string of the molecule is NCC1(NC(=O)C2CC2c2ccccc2OC(F)(F)F)CCCC1. The Balaban J connectivity index is 1.68. The third-order valence-corrected chi connectivity index (χ3v) is 5.01. The van der Waals surface area contributed by atoms with Crippen molar-refractivity contribution < 1.29 is 22.7 Å². The monoisotopic (exact) mass is 342 g/mol. The van der Waals surface area contributed by atoms with Gasteiger partial charge in [-0.1, -0.05) is 31.0 Å². The van der Waals surface area contributed by atoms with Gasteiger partial charge in [0.15, 0.2) is 0 Å². The molecule has 2 fully saturated rings. The summed E-state index contributed by atoms with van der Waals surface area (Å²) < 4.78 is 41.6. The molecule has 2 aliphatic carbocycles. The van der Waals surface area contributed by atoms with E-state index >= 15 is 0 Å². The fraction of sp³-hybridized carbons (Fsp3) is 0.588. The maximum atomic E-state index is 12.5. The molecule has 2 unspecified atom stereocenters. The molecule has 7 heteroatoms. The molecule has 4 nitrogen and oxygen atoms in total. The Kier molecular flexibility index (Phi) is 4.46. The number of benzene rings is 1. The molecule has 3 N–H and O–H groups in total. The van der Waals surface area contributed by atoms with Crippen LogP contribution in [0.5, 0.6) is 5.75 Å². The van der Waals surface area contributed by atoms with Gasteiger partial charge in [-0.3, -0.25) is 4.79 Å². The van der Waals surface area contributed by atoms with Crippen LogP contribution in [0.1, 0.15) is 43.6 Å². The fourth-order valence-electron chi connectivity index (χ4n) is 3.62. The van der Waals surface area contributed by atoms with E-state index in [-0.39, 0.29) is 29.0 Å². The lowest BCUT2D eigenvalue weighted by Gasteiger charge is -2.28. The van der Waals surface area contributed by atoms with Crippen LogP contribution in [0.2, 0.25) is 0 Å². The minimum Gasteiger partial charge on any atom is -0.405 e. The van der Waals surface area contributed by atoms with Crippen molar-refractivity contribution in [2.45, 2.75) is 49.9 Å². The molecule has 24 heavy (non-hydrogen) atoms. The van der Waals surface area contributed by atoms with Crippen LogP contribution < -0.4 is 15.8 Å². The minimum atomic E-state index is -4.74. The molecule has 0 aromatic heterocycles. The van der Waals surface area contributed by atoms with Gasteiger partial charge >= 0.3 is 6.36 Å². The Hall–Kier alpha value is -1.76. The summed E-state index contributed by atoms with van der Waals surface area (Å²) in [4.78, 5) is 12.5. The molecule has 0 saturated heterocycles. The number of amides is 1. The van der Waals surface area contributed by atoms with E-state index in [4.69, 9.17) is 5.73 Å². The second-order valence-corrected chi connectivity index (χ2v) is 6.72. The summed E-state index contributed by atoms with van der Waals surface area (Å²) in [6.07, 6.45) is -0.413. The first-order valence-corrected chi connectivity index (χ1v) is 8.20. The zero-order valence-electron chi connectivity index (χ0n) is 13.2. The molecular weight excluding hydrogens is 321 g/mol. The number of carbonyl (C=O) groups is 1. The number of para-hydroxylation sites is 1. The Morgan fingerprint density at radius 2 is 1.96 bits per heavy atom. The molecule has 3 rings (SSSR count). The topological polar surface area (TPSA) is 64.3 Å². The molecule has 0 aliphatic heterocycles. The van der Waals surface area contributed by atoms with E-state index in [1.54, 1.807) is 12.1 Å². The summed E-state index contributed by atoms with van der Waals surface area (Å²) in [6.45, 7) is 0.393. The van der Waals surface area contributed by atoms with Gasteiger partial charge in [0, 0.05) is 12.5 Å². The largest absolute Gasteiger partial charge is 0.573 e. The Morgan fingerprint density at radius 1 is 1.29 bits per heavy atom. The number of nitrogens with two attached hydrogens (primary N) is 1. The van der Waals surface area contributed by atoms with Crippen LogP contribution in [0.15, 0.2) is 24.3 Å². The lowest BCUT2D eigenvalue weighted by molar-refractivity contribution is -0.274. The first-order valence-electron chi connectivity index (χ1n) is 8.20. The van der Waals surface area contributed by atoms with Gasteiger partial charge in [0.25, 0.3) is 0 Å². The van der Waals surface area contributed by atoms with E-state index < -0.39 is 6.36 Å². The summed E-state index contributed by atoms with van der Waals surface area (Å²) in [5.41, 5.74) is 5.91. The highest BCUT2D eigenvalue weighted by Gasteiger charge is 2.48. The number of alkyl halides is 3. The third-order valence-electron chi connectivity index (χ3n) is 5.01.